The van der Waals surface area contributed by atoms with Crippen molar-refractivity contribution in [2.75, 3.05) is 13.1 Å². The van der Waals surface area contributed by atoms with Crippen molar-refractivity contribution in [2.24, 2.45) is 0 Å². The third-order valence-corrected chi connectivity index (χ3v) is 4.84. The van der Waals surface area contributed by atoms with Crippen LogP contribution >= 0.6 is 24.0 Å². The first-order valence-electron chi connectivity index (χ1n) is 8.10. The summed E-state index contributed by atoms with van der Waals surface area (Å²) in [5, 5.41) is 11.4. The molecular weight excluding hydrogens is 382 g/mol. The first-order chi connectivity index (χ1) is 12.1. The van der Waals surface area contributed by atoms with Crippen molar-refractivity contribution in [1.82, 2.24) is 30.3 Å². The molecule has 3 aromatic rings. The van der Waals surface area contributed by atoms with Gasteiger partial charge in [0.05, 0.1) is 6.54 Å². The molecule has 10 heteroatoms. The molecule has 2 aromatic heterocycles. The Balaban J connectivity index is 0.00000196. The molecule has 138 valence electrons. The number of halogens is 3. The van der Waals surface area contributed by atoms with E-state index < -0.39 is 5.82 Å². The van der Waals surface area contributed by atoms with Crippen molar-refractivity contribution < 1.29 is 4.39 Å². The summed E-state index contributed by atoms with van der Waals surface area (Å²) in [4.78, 5) is 19.7. The molecule has 0 atom stereocenters. The molecule has 0 saturated carbocycles. The average Bonchev–Trinajstić information content (AvgIpc) is 3.02. The van der Waals surface area contributed by atoms with Gasteiger partial charge in [-0.1, -0.05) is 22.9 Å². The van der Waals surface area contributed by atoms with E-state index >= 15 is 0 Å². The van der Waals surface area contributed by atoms with Crippen LogP contribution in [0.5, 0.6) is 0 Å². The maximum atomic E-state index is 14.1. The van der Waals surface area contributed by atoms with Crippen LogP contribution in [0.4, 0.5) is 4.39 Å². The highest BCUT2D eigenvalue weighted by molar-refractivity contribution is 6.31. The quantitative estimate of drug-likeness (QED) is 0.706. The number of H-pyrrole nitrogens is 1. The number of rotatable bonds is 3. The van der Waals surface area contributed by atoms with Crippen molar-refractivity contribution >= 4 is 35.2 Å². The zero-order chi connectivity index (χ0) is 17.4. The normalized spacial score (nSPS) is 15.2. The largest absolute Gasteiger partial charge is 0.317 e. The van der Waals surface area contributed by atoms with Crippen LogP contribution in [0.25, 0.3) is 11.2 Å². The van der Waals surface area contributed by atoms with Gasteiger partial charge in [0.1, 0.15) is 11.6 Å². The van der Waals surface area contributed by atoms with E-state index in [0.717, 1.165) is 25.9 Å². The highest BCUT2D eigenvalue weighted by Crippen LogP contribution is 2.23. The van der Waals surface area contributed by atoms with E-state index in [9.17, 15) is 9.18 Å². The van der Waals surface area contributed by atoms with E-state index in [1.165, 1.54) is 10.7 Å². The minimum atomic E-state index is -0.431. The molecule has 0 unspecified atom stereocenters. The van der Waals surface area contributed by atoms with Gasteiger partial charge in [0.15, 0.2) is 11.2 Å². The standard InChI is InChI=1S/C16H16ClFN6O.ClH/c17-11-2-1-3-12(18)10(11)8-24-15-13(22-23-24)16(25)21-14(20-15)9-4-6-19-7-5-9;/h1-3,9,19H,4-8H2,(H,20,21,25);1H. The monoisotopic (exact) mass is 398 g/mol. The molecule has 1 fully saturated rings. The molecule has 0 spiro atoms. The number of hydrogen-bond donors (Lipinski definition) is 2. The maximum absolute atomic E-state index is 14.1. The van der Waals surface area contributed by atoms with Crippen molar-refractivity contribution in [1.29, 1.82) is 0 Å². The van der Waals surface area contributed by atoms with Crippen molar-refractivity contribution in [3.63, 3.8) is 0 Å². The van der Waals surface area contributed by atoms with E-state index in [0.29, 0.717) is 22.1 Å². The molecule has 0 aliphatic carbocycles. The summed E-state index contributed by atoms with van der Waals surface area (Å²) in [7, 11) is 0. The SMILES string of the molecule is Cl.O=c1[nH]c(C2CCNCC2)nc2c1nnn2Cc1c(F)cccc1Cl. The maximum Gasteiger partial charge on any atom is 0.281 e. The number of nitrogens with zero attached hydrogens (tertiary/aromatic N) is 4. The fourth-order valence-electron chi connectivity index (χ4n) is 3.11. The van der Waals surface area contributed by atoms with Crippen LogP contribution in [-0.2, 0) is 6.54 Å². The molecule has 0 amide bonds. The molecule has 1 saturated heterocycles. The molecule has 7 nitrogen and oxygen atoms in total. The zero-order valence-corrected chi connectivity index (χ0v) is 15.3. The lowest BCUT2D eigenvalue weighted by atomic mass is 9.97. The minimum absolute atomic E-state index is 0. The van der Waals surface area contributed by atoms with Gasteiger partial charge in [0, 0.05) is 16.5 Å². The van der Waals surface area contributed by atoms with Crippen LogP contribution in [0.2, 0.25) is 5.02 Å². The van der Waals surface area contributed by atoms with E-state index in [4.69, 9.17) is 11.6 Å². The number of hydrogen-bond acceptors (Lipinski definition) is 5. The Labute approximate surface area is 159 Å². The van der Waals surface area contributed by atoms with E-state index in [1.807, 2.05) is 0 Å². The number of piperidine rings is 1. The van der Waals surface area contributed by atoms with Gasteiger partial charge in [-0.15, -0.1) is 17.5 Å². The van der Waals surface area contributed by atoms with Crippen LogP contribution in [0, 0.1) is 5.82 Å². The Morgan fingerprint density at radius 3 is 2.81 bits per heavy atom. The topological polar surface area (TPSA) is 88.5 Å². The molecule has 3 heterocycles. The average molecular weight is 399 g/mol. The lowest BCUT2D eigenvalue weighted by molar-refractivity contribution is 0.444. The molecule has 1 aliphatic heterocycles. The molecule has 1 aromatic carbocycles. The third kappa shape index (κ3) is 3.44. The Morgan fingerprint density at radius 2 is 2.08 bits per heavy atom. The molecular formula is C16H17Cl2FN6O. The summed E-state index contributed by atoms with van der Waals surface area (Å²) in [5.74, 6) is 0.375. The summed E-state index contributed by atoms with van der Waals surface area (Å²) >= 11 is 6.09. The van der Waals surface area contributed by atoms with Gasteiger partial charge in [-0.25, -0.2) is 14.1 Å². The number of nitrogens with one attached hydrogen (secondary N) is 2. The Bertz CT molecular complexity index is 962. The fourth-order valence-corrected chi connectivity index (χ4v) is 3.33. The van der Waals surface area contributed by atoms with Gasteiger partial charge in [-0.3, -0.25) is 4.79 Å². The summed E-state index contributed by atoms with van der Waals surface area (Å²) in [5.41, 5.74) is 0.452. The van der Waals surface area contributed by atoms with Crippen molar-refractivity contribution in [3.8, 4) is 0 Å². The number of aromatic amines is 1. The molecule has 1 aliphatic rings. The number of fused-ring (bicyclic) bond motifs is 1. The lowest BCUT2D eigenvalue weighted by Gasteiger charge is -2.21. The van der Waals surface area contributed by atoms with Crippen molar-refractivity contribution in [2.45, 2.75) is 25.3 Å². The van der Waals surface area contributed by atoms with Gasteiger partial charge in [-0.05, 0) is 38.1 Å². The Kier molecular flexibility index (Phi) is 5.55. The predicted octanol–water partition coefficient (Wildman–Crippen LogP) is 2.24. The smallest absolute Gasteiger partial charge is 0.281 e. The van der Waals surface area contributed by atoms with Gasteiger partial charge >= 0.3 is 0 Å². The summed E-state index contributed by atoms with van der Waals surface area (Å²) in [6, 6.07) is 4.49. The predicted molar refractivity (Wildman–Crippen MR) is 98.5 cm³/mol. The van der Waals surface area contributed by atoms with Gasteiger partial charge < -0.3 is 10.3 Å². The third-order valence-electron chi connectivity index (χ3n) is 4.49. The fraction of sp³-hybridized carbons (Fsp3) is 0.375. The first-order valence-corrected chi connectivity index (χ1v) is 8.48. The van der Waals surface area contributed by atoms with Crippen LogP contribution in [0.15, 0.2) is 23.0 Å². The second-order valence-electron chi connectivity index (χ2n) is 6.09. The van der Waals surface area contributed by atoms with Gasteiger partial charge in [-0.2, -0.15) is 0 Å². The van der Waals surface area contributed by atoms with E-state index in [1.54, 1.807) is 12.1 Å². The lowest BCUT2D eigenvalue weighted by Crippen LogP contribution is -2.28. The number of benzene rings is 1. The Hall–Kier alpha value is -2.03. The summed E-state index contributed by atoms with van der Waals surface area (Å²) < 4.78 is 15.5. The molecule has 4 rings (SSSR count). The highest BCUT2D eigenvalue weighted by Gasteiger charge is 2.21. The van der Waals surface area contributed by atoms with Crippen LogP contribution in [0.1, 0.15) is 30.1 Å². The minimum Gasteiger partial charge on any atom is -0.317 e. The number of aromatic nitrogens is 5. The summed E-state index contributed by atoms with van der Waals surface area (Å²) in [6.07, 6.45) is 1.80. The van der Waals surface area contributed by atoms with Crippen molar-refractivity contribution in [3.05, 3.63) is 50.8 Å². The Morgan fingerprint density at radius 1 is 1.31 bits per heavy atom. The van der Waals surface area contributed by atoms with Gasteiger partial charge in [0.2, 0.25) is 0 Å². The molecule has 2 N–H and O–H groups in total. The zero-order valence-electron chi connectivity index (χ0n) is 13.7. The summed E-state index contributed by atoms with van der Waals surface area (Å²) in [6.45, 7) is 1.83. The van der Waals surface area contributed by atoms with E-state index in [-0.39, 0.29) is 35.9 Å². The van der Waals surface area contributed by atoms with Crippen LogP contribution in [0.3, 0.4) is 0 Å². The highest BCUT2D eigenvalue weighted by atomic mass is 35.5. The van der Waals surface area contributed by atoms with Gasteiger partial charge in [0.25, 0.3) is 5.56 Å². The first kappa shape index (κ1) is 18.8. The second kappa shape index (κ2) is 7.69. The molecule has 26 heavy (non-hydrogen) atoms. The van der Waals surface area contributed by atoms with E-state index in [2.05, 4.69) is 25.6 Å². The molecule has 0 radical (unpaired) electrons. The second-order valence-corrected chi connectivity index (χ2v) is 6.50. The van der Waals surface area contributed by atoms with Crippen LogP contribution < -0.4 is 10.9 Å². The van der Waals surface area contributed by atoms with Crippen LogP contribution in [-0.4, -0.2) is 38.1 Å². The molecule has 0 bridgehead atoms.